The molecule has 0 saturated carbocycles. The number of fused-ring (bicyclic) bond motifs is 1. The lowest BCUT2D eigenvalue weighted by Gasteiger charge is -2.26. The van der Waals surface area contributed by atoms with Gasteiger partial charge in [-0.2, -0.15) is 5.10 Å². The van der Waals surface area contributed by atoms with Gasteiger partial charge in [-0.1, -0.05) is 0 Å². The van der Waals surface area contributed by atoms with Crippen LogP contribution < -0.4 is 15.4 Å². The van der Waals surface area contributed by atoms with E-state index in [1.54, 1.807) is 16.6 Å². The number of carbonyl (C=O) groups excluding carboxylic acids is 1. The number of aromatic nitrogens is 2. The molecule has 2 aromatic rings. The molecule has 0 bridgehead atoms. The van der Waals surface area contributed by atoms with E-state index >= 15 is 0 Å². The highest BCUT2D eigenvalue weighted by molar-refractivity contribution is 5.98. The van der Waals surface area contributed by atoms with Crippen LogP contribution in [0.4, 0.5) is 5.69 Å². The number of hydrogen-bond acceptors (Lipinski definition) is 4. The van der Waals surface area contributed by atoms with E-state index in [4.69, 9.17) is 10.5 Å². The number of carbonyl (C=O) groups is 1. The van der Waals surface area contributed by atoms with Crippen LogP contribution in [0.1, 0.15) is 5.69 Å². The van der Waals surface area contributed by atoms with Crippen LogP contribution in [0.2, 0.25) is 0 Å². The number of nitrogens with two attached hydrogens (primary N) is 1. The smallest absolute Gasteiger partial charge is 0.264 e. The zero-order chi connectivity index (χ0) is 14.3. The maximum Gasteiger partial charge on any atom is 0.264 e. The van der Waals surface area contributed by atoms with Crippen molar-refractivity contribution in [1.82, 2.24) is 9.78 Å². The summed E-state index contributed by atoms with van der Waals surface area (Å²) in [6.45, 7) is 0.527. The molecule has 6 nitrogen and oxygen atoms in total. The van der Waals surface area contributed by atoms with Crippen LogP contribution in [0.25, 0.3) is 11.3 Å². The first-order valence-electron chi connectivity index (χ1n) is 6.37. The summed E-state index contributed by atoms with van der Waals surface area (Å²) in [6.07, 6.45) is 0. The quantitative estimate of drug-likeness (QED) is 0.881. The van der Waals surface area contributed by atoms with Crippen LogP contribution in [0.5, 0.6) is 5.75 Å². The summed E-state index contributed by atoms with van der Waals surface area (Å²) in [4.78, 5) is 13.3. The van der Waals surface area contributed by atoms with Crippen molar-refractivity contribution in [1.29, 1.82) is 0 Å². The predicted octanol–water partition coefficient (Wildman–Crippen LogP) is 0.901. The monoisotopic (exact) mass is 272 g/mol. The highest BCUT2D eigenvalue weighted by Crippen LogP contribution is 2.35. The SMILES string of the molecule is CN1C(=O)COc2ccc(-c3cc(CN)n(C)n3)cc21. The second-order valence-electron chi connectivity index (χ2n) is 4.77. The summed E-state index contributed by atoms with van der Waals surface area (Å²) in [7, 11) is 3.61. The third-order valence-corrected chi connectivity index (χ3v) is 3.53. The van der Waals surface area contributed by atoms with Gasteiger partial charge in [0.15, 0.2) is 6.61 Å². The lowest BCUT2D eigenvalue weighted by atomic mass is 10.1. The maximum absolute atomic E-state index is 11.7. The Morgan fingerprint density at radius 2 is 2.15 bits per heavy atom. The van der Waals surface area contributed by atoms with Crippen molar-refractivity contribution in [3.63, 3.8) is 0 Å². The molecule has 3 rings (SSSR count). The molecule has 1 aliphatic rings. The van der Waals surface area contributed by atoms with E-state index in [9.17, 15) is 4.79 Å². The largest absolute Gasteiger partial charge is 0.482 e. The van der Waals surface area contributed by atoms with Crippen molar-refractivity contribution >= 4 is 11.6 Å². The van der Waals surface area contributed by atoms with E-state index in [0.29, 0.717) is 12.3 Å². The fourth-order valence-electron chi connectivity index (χ4n) is 2.27. The number of rotatable bonds is 2. The van der Waals surface area contributed by atoms with Gasteiger partial charge in [-0.15, -0.1) is 0 Å². The summed E-state index contributed by atoms with van der Waals surface area (Å²) in [6, 6.07) is 7.66. The van der Waals surface area contributed by atoms with Gasteiger partial charge in [-0.3, -0.25) is 9.48 Å². The summed E-state index contributed by atoms with van der Waals surface area (Å²) < 4.78 is 7.17. The van der Waals surface area contributed by atoms with Crippen LogP contribution in [-0.2, 0) is 18.4 Å². The van der Waals surface area contributed by atoms with Crippen LogP contribution in [-0.4, -0.2) is 29.3 Å². The lowest BCUT2D eigenvalue weighted by molar-refractivity contribution is -0.120. The van der Waals surface area contributed by atoms with E-state index in [1.165, 1.54) is 0 Å². The topological polar surface area (TPSA) is 73.4 Å². The molecule has 0 radical (unpaired) electrons. The molecule has 104 valence electrons. The Bertz CT molecular complexity index is 678. The Kier molecular flexibility index (Phi) is 2.94. The minimum Gasteiger partial charge on any atom is -0.482 e. The van der Waals surface area contributed by atoms with Crippen molar-refractivity contribution in [3.8, 4) is 17.0 Å². The molecule has 0 aliphatic carbocycles. The molecule has 1 aliphatic heterocycles. The van der Waals surface area contributed by atoms with E-state index < -0.39 is 0 Å². The second kappa shape index (κ2) is 4.64. The van der Waals surface area contributed by atoms with Gasteiger partial charge in [0.05, 0.1) is 17.1 Å². The Hall–Kier alpha value is -2.34. The van der Waals surface area contributed by atoms with Crippen molar-refractivity contribution in [2.45, 2.75) is 6.54 Å². The van der Waals surface area contributed by atoms with E-state index in [2.05, 4.69) is 5.10 Å². The van der Waals surface area contributed by atoms with Crippen LogP contribution >= 0.6 is 0 Å². The normalized spacial score (nSPS) is 14.2. The Labute approximate surface area is 116 Å². The average Bonchev–Trinajstić information content (AvgIpc) is 2.84. The van der Waals surface area contributed by atoms with Gasteiger partial charge in [0.25, 0.3) is 5.91 Å². The molecule has 1 aromatic carbocycles. The van der Waals surface area contributed by atoms with Gasteiger partial charge < -0.3 is 15.4 Å². The molecule has 2 heterocycles. The summed E-state index contributed by atoms with van der Waals surface area (Å²) in [5.41, 5.74) is 9.15. The minimum atomic E-state index is -0.0571. The van der Waals surface area contributed by atoms with Crippen molar-refractivity contribution < 1.29 is 9.53 Å². The number of hydrogen-bond donors (Lipinski definition) is 1. The Balaban J connectivity index is 2.05. The zero-order valence-electron chi connectivity index (χ0n) is 11.5. The minimum absolute atomic E-state index is 0.0571. The first-order chi connectivity index (χ1) is 9.60. The third-order valence-electron chi connectivity index (χ3n) is 3.53. The Morgan fingerprint density at radius 1 is 1.35 bits per heavy atom. The average molecular weight is 272 g/mol. The van der Waals surface area contributed by atoms with Gasteiger partial charge in [0.1, 0.15) is 5.75 Å². The summed E-state index contributed by atoms with van der Waals surface area (Å²) >= 11 is 0. The number of aryl methyl sites for hydroxylation is 1. The van der Waals surface area contributed by atoms with Gasteiger partial charge >= 0.3 is 0 Å². The van der Waals surface area contributed by atoms with Crippen molar-refractivity contribution in [3.05, 3.63) is 30.0 Å². The van der Waals surface area contributed by atoms with E-state index in [-0.39, 0.29) is 12.5 Å². The molecular formula is C14H16N4O2. The van der Waals surface area contributed by atoms with E-state index in [0.717, 1.165) is 22.6 Å². The Morgan fingerprint density at radius 3 is 2.85 bits per heavy atom. The number of ether oxygens (including phenoxy) is 1. The van der Waals surface area contributed by atoms with Gasteiger partial charge in [0.2, 0.25) is 0 Å². The van der Waals surface area contributed by atoms with Crippen molar-refractivity contribution in [2.24, 2.45) is 12.8 Å². The van der Waals surface area contributed by atoms with E-state index in [1.807, 2.05) is 31.3 Å². The standard InChI is InChI=1S/C14H16N4O2/c1-17-12-5-9(3-4-13(12)20-8-14(17)19)11-6-10(7-15)18(2)16-11/h3-6H,7-8,15H2,1-2H3. The molecule has 0 unspecified atom stereocenters. The molecule has 2 N–H and O–H groups in total. The molecule has 0 saturated heterocycles. The molecular weight excluding hydrogens is 256 g/mol. The number of anilines is 1. The van der Waals surface area contributed by atoms with Crippen molar-refractivity contribution in [2.75, 3.05) is 18.6 Å². The van der Waals surface area contributed by atoms with Gasteiger partial charge in [-0.25, -0.2) is 0 Å². The lowest BCUT2D eigenvalue weighted by Crippen LogP contribution is -2.35. The highest BCUT2D eigenvalue weighted by Gasteiger charge is 2.22. The fraction of sp³-hybridized carbons (Fsp3) is 0.286. The molecule has 20 heavy (non-hydrogen) atoms. The first kappa shape index (κ1) is 12.7. The van der Waals surface area contributed by atoms with Gasteiger partial charge in [-0.05, 0) is 24.3 Å². The molecule has 0 atom stereocenters. The highest BCUT2D eigenvalue weighted by atomic mass is 16.5. The molecule has 0 spiro atoms. The number of nitrogens with zero attached hydrogens (tertiary/aromatic N) is 3. The van der Waals surface area contributed by atoms with Crippen LogP contribution in [0.3, 0.4) is 0 Å². The zero-order valence-corrected chi connectivity index (χ0v) is 11.5. The molecule has 1 amide bonds. The number of likely N-dealkylation sites (N-methyl/N-ethyl adjacent to an activating group) is 1. The third kappa shape index (κ3) is 1.94. The first-order valence-corrected chi connectivity index (χ1v) is 6.37. The molecule has 0 fully saturated rings. The number of benzene rings is 1. The second-order valence-corrected chi connectivity index (χ2v) is 4.77. The summed E-state index contributed by atoms with van der Waals surface area (Å²) in [5.74, 6) is 0.657. The molecule has 6 heteroatoms. The predicted molar refractivity (Wildman–Crippen MR) is 75.4 cm³/mol. The van der Waals surface area contributed by atoms with Gasteiger partial charge in [0, 0.05) is 26.2 Å². The number of amides is 1. The van der Waals surface area contributed by atoms with Crippen LogP contribution in [0, 0.1) is 0 Å². The van der Waals surface area contributed by atoms with Crippen LogP contribution in [0.15, 0.2) is 24.3 Å². The summed E-state index contributed by atoms with van der Waals surface area (Å²) in [5, 5.41) is 4.44. The maximum atomic E-state index is 11.7. The molecule has 1 aromatic heterocycles. The fourth-order valence-corrected chi connectivity index (χ4v) is 2.27.